The normalized spacial score (nSPS) is 21.3. The van der Waals surface area contributed by atoms with E-state index in [9.17, 15) is 19.5 Å². The number of rotatable bonds is 5. The average Bonchev–Trinajstić information content (AvgIpc) is 2.34. The van der Waals surface area contributed by atoms with Crippen molar-refractivity contribution in [1.29, 1.82) is 0 Å². The molecule has 7 nitrogen and oxygen atoms in total. The molecular formula is C14H23N3O4. The Labute approximate surface area is 124 Å². The zero-order valence-corrected chi connectivity index (χ0v) is 12.5. The molecule has 1 saturated heterocycles. The van der Waals surface area contributed by atoms with Gasteiger partial charge in [0.25, 0.3) is 0 Å². The number of carbonyl (C=O) groups excluding carboxylic acids is 2. The number of nitrogens with one attached hydrogen (secondary N) is 2. The standard InChI is InChI=1S/C14H23N3O4/c1-4-7-15-13(21)16-10(18)9-17-8-5-6-14(2,3)11(17)12(19)20/h4,11H,1,5-9H2,2-3H3,(H,19,20)(H2,15,16,18,21). The molecule has 118 valence electrons. The number of hydrogen-bond acceptors (Lipinski definition) is 4. The summed E-state index contributed by atoms with van der Waals surface area (Å²) in [6.45, 7) is 7.89. The Kier molecular flexibility index (Phi) is 5.90. The van der Waals surface area contributed by atoms with Gasteiger partial charge in [-0.25, -0.2) is 4.79 Å². The van der Waals surface area contributed by atoms with Gasteiger partial charge in [-0.3, -0.25) is 19.8 Å². The molecular weight excluding hydrogens is 274 g/mol. The van der Waals surface area contributed by atoms with Gasteiger partial charge in [-0.2, -0.15) is 0 Å². The first-order valence-electron chi connectivity index (χ1n) is 6.93. The van der Waals surface area contributed by atoms with E-state index < -0.39 is 29.4 Å². The summed E-state index contributed by atoms with van der Waals surface area (Å²) >= 11 is 0. The maximum Gasteiger partial charge on any atom is 0.321 e. The van der Waals surface area contributed by atoms with E-state index in [1.165, 1.54) is 6.08 Å². The van der Waals surface area contributed by atoms with Crippen LogP contribution in [0.15, 0.2) is 12.7 Å². The molecule has 21 heavy (non-hydrogen) atoms. The Balaban J connectivity index is 2.62. The molecule has 7 heteroatoms. The molecule has 1 atom stereocenters. The minimum absolute atomic E-state index is 0.109. The summed E-state index contributed by atoms with van der Waals surface area (Å²) in [6, 6.07) is -1.34. The van der Waals surface area contributed by atoms with E-state index in [1.54, 1.807) is 4.90 Å². The highest BCUT2D eigenvalue weighted by atomic mass is 16.4. The predicted molar refractivity (Wildman–Crippen MR) is 77.8 cm³/mol. The summed E-state index contributed by atoms with van der Waals surface area (Å²) in [5.41, 5.74) is -0.407. The topological polar surface area (TPSA) is 98.7 Å². The number of likely N-dealkylation sites (tertiary alicyclic amines) is 1. The Morgan fingerprint density at radius 3 is 2.67 bits per heavy atom. The number of aliphatic carboxylic acids is 1. The van der Waals surface area contributed by atoms with Gasteiger partial charge in [-0.05, 0) is 24.8 Å². The lowest BCUT2D eigenvalue weighted by Crippen LogP contribution is -2.57. The second-order valence-electron chi connectivity index (χ2n) is 5.85. The highest BCUT2D eigenvalue weighted by Gasteiger charge is 2.42. The zero-order valence-electron chi connectivity index (χ0n) is 12.5. The number of amides is 3. The van der Waals surface area contributed by atoms with Crippen LogP contribution in [0.1, 0.15) is 26.7 Å². The van der Waals surface area contributed by atoms with E-state index in [1.807, 2.05) is 13.8 Å². The summed E-state index contributed by atoms with van der Waals surface area (Å²) in [4.78, 5) is 36.3. The van der Waals surface area contributed by atoms with Crippen LogP contribution in [0.2, 0.25) is 0 Å². The Morgan fingerprint density at radius 1 is 1.43 bits per heavy atom. The molecule has 0 aliphatic carbocycles. The molecule has 1 aliphatic heterocycles. The number of imide groups is 1. The summed E-state index contributed by atoms with van der Waals surface area (Å²) in [5, 5.41) is 14.0. The molecule has 3 N–H and O–H groups in total. The van der Waals surface area contributed by atoms with Crippen molar-refractivity contribution in [2.75, 3.05) is 19.6 Å². The van der Waals surface area contributed by atoms with E-state index >= 15 is 0 Å². The van der Waals surface area contributed by atoms with Gasteiger partial charge in [0.2, 0.25) is 5.91 Å². The van der Waals surface area contributed by atoms with Gasteiger partial charge in [0.05, 0.1) is 6.54 Å². The summed E-state index contributed by atoms with van der Waals surface area (Å²) in [7, 11) is 0. The van der Waals surface area contributed by atoms with E-state index in [-0.39, 0.29) is 13.1 Å². The van der Waals surface area contributed by atoms with Crippen LogP contribution in [0.4, 0.5) is 4.79 Å². The lowest BCUT2D eigenvalue weighted by atomic mass is 9.76. The third-order valence-electron chi connectivity index (χ3n) is 3.61. The summed E-state index contributed by atoms with van der Waals surface area (Å²) in [6.07, 6.45) is 3.12. The highest BCUT2D eigenvalue weighted by molar-refractivity contribution is 5.95. The largest absolute Gasteiger partial charge is 0.480 e. The molecule has 0 spiro atoms. The van der Waals surface area contributed by atoms with Gasteiger partial charge in [0.1, 0.15) is 6.04 Å². The van der Waals surface area contributed by atoms with Crippen molar-refractivity contribution in [1.82, 2.24) is 15.5 Å². The van der Waals surface area contributed by atoms with Crippen LogP contribution in [-0.2, 0) is 9.59 Å². The Morgan fingerprint density at radius 2 is 2.10 bits per heavy atom. The monoisotopic (exact) mass is 297 g/mol. The van der Waals surface area contributed by atoms with E-state index in [2.05, 4.69) is 17.2 Å². The van der Waals surface area contributed by atoms with Gasteiger partial charge >= 0.3 is 12.0 Å². The minimum Gasteiger partial charge on any atom is -0.480 e. The van der Waals surface area contributed by atoms with Crippen LogP contribution in [0.3, 0.4) is 0 Å². The summed E-state index contributed by atoms with van der Waals surface area (Å²) < 4.78 is 0. The second-order valence-corrected chi connectivity index (χ2v) is 5.85. The number of urea groups is 1. The third kappa shape index (κ3) is 4.86. The van der Waals surface area contributed by atoms with Gasteiger partial charge in [0, 0.05) is 6.54 Å². The van der Waals surface area contributed by atoms with Crippen LogP contribution in [0.25, 0.3) is 0 Å². The molecule has 3 amide bonds. The lowest BCUT2D eigenvalue weighted by Gasteiger charge is -2.43. The number of carboxylic acid groups (broad SMARTS) is 1. The summed E-state index contributed by atoms with van der Waals surface area (Å²) in [5.74, 6) is -1.45. The molecule has 0 saturated carbocycles. The molecule has 1 unspecified atom stereocenters. The van der Waals surface area contributed by atoms with E-state index in [0.717, 1.165) is 12.8 Å². The molecule has 1 heterocycles. The van der Waals surface area contributed by atoms with Crippen molar-refractivity contribution < 1.29 is 19.5 Å². The second kappa shape index (κ2) is 7.21. The molecule has 0 aromatic carbocycles. The molecule has 0 radical (unpaired) electrons. The van der Waals surface area contributed by atoms with Crippen LogP contribution in [0.5, 0.6) is 0 Å². The van der Waals surface area contributed by atoms with Crippen molar-refractivity contribution in [3.05, 3.63) is 12.7 Å². The molecule has 0 bridgehead atoms. The van der Waals surface area contributed by atoms with Crippen molar-refractivity contribution in [2.24, 2.45) is 5.41 Å². The quantitative estimate of drug-likeness (QED) is 0.645. The molecule has 1 fully saturated rings. The molecule has 0 aromatic heterocycles. The number of carbonyl (C=O) groups is 3. The van der Waals surface area contributed by atoms with Gasteiger partial charge in [0.15, 0.2) is 0 Å². The number of nitrogens with zero attached hydrogens (tertiary/aromatic N) is 1. The van der Waals surface area contributed by atoms with Crippen LogP contribution < -0.4 is 10.6 Å². The first kappa shape index (κ1) is 17.2. The predicted octanol–water partition coefficient (Wildman–Crippen LogP) is 0.573. The first-order valence-corrected chi connectivity index (χ1v) is 6.93. The smallest absolute Gasteiger partial charge is 0.321 e. The fourth-order valence-corrected chi connectivity index (χ4v) is 2.72. The number of carboxylic acids is 1. The Hall–Kier alpha value is -1.89. The average molecular weight is 297 g/mol. The SMILES string of the molecule is C=CCNC(=O)NC(=O)CN1CCCC(C)(C)C1C(=O)O. The maximum atomic E-state index is 11.8. The zero-order chi connectivity index (χ0) is 16.0. The highest BCUT2D eigenvalue weighted by Crippen LogP contribution is 2.35. The van der Waals surface area contributed by atoms with Gasteiger partial charge in [-0.15, -0.1) is 6.58 Å². The van der Waals surface area contributed by atoms with E-state index in [4.69, 9.17) is 0 Å². The maximum absolute atomic E-state index is 11.8. The van der Waals surface area contributed by atoms with Crippen molar-refractivity contribution >= 4 is 17.9 Å². The van der Waals surface area contributed by atoms with Crippen LogP contribution in [-0.4, -0.2) is 53.6 Å². The molecule has 1 aliphatic rings. The molecule has 1 rings (SSSR count). The van der Waals surface area contributed by atoms with Crippen LogP contribution >= 0.6 is 0 Å². The molecule has 0 aromatic rings. The third-order valence-corrected chi connectivity index (χ3v) is 3.61. The fourth-order valence-electron chi connectivity index (χ4n) is 2.72. The van der Waals surface area contributed by atoms with Gasteiger partial charge < -0.3 is 10.4 Å². The van der Waals surface area contributed by atoms with Crippen molar-refractivity contribution in [3.8, 4) is 0 Å². The van der Waals surface area contributed by atoms with Gasteiger partial charge in [-0.1, -0.05) is 19.9 Å². The van der Waals surface area contributed by atoms with Crippen molar-refractivity contribution in [3.63, 3.8) is 0 Å². The lowest BCUT2D eigenvalue weighted by molar-refractivity contribution is -0.151. The Bertz CT molecular complexity index is 434. The van der Waals surface area contributed by atoms with Crippen molar-refractivity contribution in [2.45, 2.75) is 32.7 Å². The fraction of sp³-hybridized carbons (Fsp3) is 0.643. The van der Waals surface area contributed by atoms with Crippen LogP contribution in [0, 0.1) is 5.41 Å². The number of hydrogen-bond donors (Lipinski definition) is 3. The minimum atomic E-state index is -0.941. The number of piperidine rings is 1. The first-order chi connectivity index (χ1) is 9.77. The van der Waals surface area contributed by atoms with E-state index in [0.29, 0.717) is 6.54 Å².